The van der Waals surface area contributed by atoms with Gasteiger partial charge in [-0.3, -0.25) is 4.79 Å². The Bertz CT molecular complexity index is 1600. The van der Waals surface area contributed by atoms with E-state index in [0.717, 1.165) is 31.5 Å². The van der Waals surface area contributed by atoms with Crippen LogP contribution in [0.4, 0.5) is 4.39 Å². The molecule has 2 heterocycles. The monoisotopic (exact) mass is 568 g/mol. The van der Waals surface area contributed by atoms with Crippen molar-refractivity contribution in [3.63, 3.8) is 0 Å². The lowest BCUT2D eigenvalue weighted by molar-refractivity contribution is 0.101. The fourth-order valence-corrected chi connectivity index (χ4v) is 6.18. The van der Waals surface area contributed by atoms with Crippen molar-refractivity contribution in [3.8, 4) is 0 Å². The van der Waals surface area contributed by atoms with Crippen LogP contribution in [0.2, 0.25) is 0 Å². The van der Waals surface area contributed by atoms with Crippen LogP contribution in [0.15, 0.2) is 46.9 Å². The van der Waals surface area contributed by atoms with Gasteiger partial charge in [0.25, 0.3) is 0 Å². The molecule has 1 fully saturated rings. The second-order valence-electron chi connectivity index (χ2n) is 10.8. The molecule has 2 aromatic rings. The minimum atomic E-state index is -3.57. The predicted molar refractivity (Wildman–Crippen MR) is 154 cm³/mol. The van der Waals surface area contributed by atoms with Crippen LogP contribution in [0.1, 0.15) is 48.8 Å². The van der Waals surface area contributed by atoms with Crippen molar-refractivity contribution in [1.29, 1.82) is 0 Å². The van der Waals surface area contributed by atoms with Gasteiger partial charge >= 0.3 is 0 Å². The van der Waals surface area contributed by atoms with Crippen molar-refractivity contribution < 1.29 is 17.6 Å². The number of hydrogen-bond acceptors (Lipinski definition) is 7. The van der Waals surface area contributed by atoms with E-state index in [9.17, 15) is 17.6 Å². The maximum atomic E-state index is 13.8. The Morgan fingerprint density at radius 3 is 2.70 bits per heavy atom. The van der Waals surface area contributed by atoms with Crippen molar-refractivity contribution in [1.82, 2.24) is 19.6 Å². The zero-order valence-corrected chi connectivity index (χ0v) is 23.9. The van der Waals surface area contributed by atoms with Gasteiger partial charge in [-0.25, -0.2) is 19.0 Å². The highest BCUT2D eigenvalue weighted by Gasteiger charge is 2.24. The number of rotatable bonds is 12. The summed E-state index contributed by atoms with van der Waals surface area (Å²) in [7, 11) is -3.57. The Hall–Kier alpha value is -3.43. The predicted octanol–water partition coefficient (Wildman–Crippen LogP) is 1.33. The van der Waals surface area contributed by atoms with Crippen molar-refractivity contribution in [3.05, 3.63) is 69.4 Å². The molecule has 4 rings (SSSR count). The summed E-state index contributed by atoms with van der Waals surface area (Å²) in [5.41, 5.74) is 13.3. The lowest BCUT2D eigenvalue weighted by Crippen LogP contribution is -2.36. The van der Waals surface area contributed by atoms with Crippen molar-refractivity contribution in [2.24, 2.45) is 23.4 Å². The van der Waals surface area contributed by atoms with Gasteiger partial charge in [0.2, 0.25) is 10.0 Å². The summed E-state index contributed by atoms with van der Waals surface area (Å²) in [4.78, 5) is 17.6. The Labute approximate surface area is 234 Å². The van der Waals surface area contributed by atoms with Gasteiger partial charge in [0.05, 0.1) is 21.6 Å². The third kappa shape index (κ3) is 7.20. The normalized spacial score (nSPS) is 17.4. The number of nitrogens with zero attached hydrogens (tertiary/aromatic N) is 2. The number of Topliss-reactive ketones (excluding diaryl/α,β-unsaturated/α-hetero) is 1. The van der Waals surface area contributed by atoms with Crippen LogP contribution in [0.5, 0.6) is 0 Å². The number of fused-ring (bicyclic) bond motifs is 1. The third-order valence-corrected chi connectivity index (χ3v) is 8.48. The Balaban J connectivity index is 1.30. The standard InChI is InChI=1S/C29H37FN6O3S/c1-19(2)14-21-4-7-24(8-5-21)40(38,39)33-11-13-35-12-10-22(16-35)17-36(32)18-26(31)28-25-15-23(30)6-9-27(25)34-29(28)20(3)37/h4-5,7-8,15,18-19,22,33-34H,10-14,16-17,31-32H2,1-3H3/b26-18-/t22-/m1/s1. The average Bonchev–Trinajstić information content (AvgIpc) is 3.48. The maximum absolute atomic E-state index is 13.8. The second-order valence-corrected chi connectivity index (χ2v) is 12.6. The number of ketones is 1. The number of carbonyl (C=O) groups excluding carboxylic acids is 1. The summed E-state index contributed by atoms with van der Waals surface area (Å²) < 4.78 is 41.9. The molecule has 0 unspecified atom stereocenters. The molecule has 1 saturated heterocycles. The van der Waals surface area contributed by atoms with Gasteiger partial charge < -0.3 is 20.6 Å². The first-order chi connectivity index (χ1) is 18.9. The van der Waals surface area contributed by atoms with E-state index < -0.39 is 15.9 Å². The number of H-pyrrole nitrogens is 1. The van der Waals surface area contributed by atoms with E-state index in [1.54, 1.807) is 18.3 Å². The maximum Gasteiger partial charge on any atom is 0.240 e. The van der Waals surface area contributed by atoms with Crippen molar-refractivity contribution >= 4 is 33.3 Å². The van der Waals surface area contributed by atoms with Crippen LogP contribution in [0.25, 0.3) is 17.5 Å². The largest absolute Gasteiger partial charge is 0.397 e. The molecule has 6 N–H and O–H groups in total. The highest BCUT2D eigenvalue weighted by Crippen LogP contribution is 2.18. The first-order valence-corrected chi connectivity index (χ1v) is 14.9. The molecule has 0 amide bonds. The summed E-state index contributed by atoms with van der Waals surface area (Å²) in [6, 6.07) is 7.05. The molecule has 1 aromatic carbocycles. The highest BCUT2D eigenvalue weighted by molar-refractivity contribution is 7.89. The summed E-state index contributed by atoms with van der Waals surface area (Å²) in [6.07, 6.45) is 4.61. The number of sulfonamides is 1. The molecule has 0 bridgehead atoms. The van der Waals surface area contributed by atoms with Gasteiger partial charge in [-0.1, -0.05) is 26.0 Å². The third-order valence-electron chi connectivity index (χ3n) is 7.00. The summed E-state index contributed by atoms with van der Waals surface area (Å²) >= 11 is 0. The first-order valence-electron chi connectivity index (χ1n) is 13.4. The van der Waals surface area contributed by atoms with E-state index in [1.165, 1.54) is 18.0 Å². The Morgan fingerprint density at radius 1 is 1.30 bits per heavy atom. The number of halogens is 1. The molecule has 1 aliphatic carbocycles. The smallest absolute Gasteiger partial charge is 0.240 e. The molecule has 2 aliphatic rings. The number of hydrazine groups is 1. The van der Waals surface area contributed by atoms with Gasteiger partial charge in [-0.2, -0.15) is 4.39 Å². The molecule has 0 radical (unpaired) electrons. The number of nitrogens with one attached hydrogen (secondary N) is 2. The van der Waals surface area contributed by atoms with E-state index in [-0.39, 0.29) is 28.0 Å². The summed E-state index contributed by atoms with van der Waals surface area (Å²) in [6.45, 7) is 8.65. The van der Waals surface area contributed by atoms with Crippen LogP contribution in [-0.2, 0) is 16.4 Å². The number of nitrogens with two attached hydrogens (primary N) is 2. The highest BCUT2D eigenvalue weighted by atomic mass is 32.2. The number of likely N-dealkylation sites (tertiary alicyclic amines) is 1. The van der Waals surface area contributed by atoms with E-state index in [4.69, 9.17) is 11.6 Å². The Morgan fingerprint density at radius 2 is 2.02 bits per heavy atom. The van der Waals surface area contributed by atoms with Gasteiger partial charge in [0.1, 0.15) is 0 Å². The number of aromatic nitrogens is 1. The molecule has 1 aromatic heterocycles. The molecule has 1 atom stereocenters. The van der Waals surface area contributed by atoms with Crippen LogP contribution >= 0.6 is 0 Å². The van der Waals surface area contributed by atoms with E-state index >= 15 is 0 Å². The number of allylic oxidation sites excluding steroid dienone is 1. The van der Waals surface area contributed by atoms with E-state index in [2.05, 4.69) is 39.9 Å². The number of hydrogen-bond donors (Lipinski definition) is 4. The second kappa shape index (κ2) is 12.4. The minimum Gasteiger partial charge on any atom is -0.397 e. The van der Waals surface area contributed by atoms with Crippen LogP contribution in [0.3, 0.4) is 0 Å². The number of aromatic amines is 1. The molecule has 40 heavy (non-hydrogen) atoms. The van der Waals surface area contributed by atoms with Crippen molar-refractivity contribution in [2.75, 3.05) is 32.7 Å². The fourth-order valence-electron chi connectivity index (χ4n) is 5.16. The first kappa shape index (κ1) is 29.6. The SMILES string of the molecule is CC(=O)c1[nH]c2c(c1/C(N)=C/N(N)C[C@@H]1CCN(CCNS(=O)(=O)c3ccc(CC(C)C)cc3)C1)=CC(F)=C=C=2. The van der Waals surface area contributed by atoms with Gasteiger partial charge in [-0.15, -0.1) is 0 Å². The Kier molecular flexibility index (Phi) is 9.15. The molecule has 1 aliphatic heterocycles. The summed E-state index contributed by atoms with van der Waals surface area (Å²) in [5.74, 6) is 6.15. The van der Waals surface area contributed by atoms with Crippen molar-refractivity contribution in [2.45, 2.75) is 38.5 Å². The minimum absolute atomic E-state index is 0.236. The zero-order chi connectivity index (χ0) is 29.0. The number of benzene rings is 1. The van der Waals surface area contributed by atoms with Crippen LogP contribution < -0.4 is 26.9 Å². The van der Waals surface area contributed by atoms with Gasteiger partial charge in [-0.05, 0) is 66.5 Å². The lowest BCUT2D eigenvalue weighted by Gasteiger charge is -2.21. The zero-order valence-electron chi connectivity index (χ0n) is 23.1. The van der Waals surface area contributed by atoms with Crippen LogP contribution in [0, 0.1) is 11.8 Å². The van der Waals surface area contributed by atoms with E-state index in [0.29, 0.717) is 41.7 Å². The summed E-state index contributed by atoms with van der Waals surface area (Å²) in [5, 5.41) is 2.35. The molecule has 214 valence electrons. The van der Waals surface area contributed by atoms with E-state index in [1.807, 2.05) is 12.1 Å². The molecule has 9 nitrogen and oxygen atoms in total. The molecule has 0 spiro atoms. The average molecular weight is 569 g/mol. The van der Waals surface area contributed by atoms with Crippen LogP contribution in [-0.4, -0.2) is 61.8 Å². The molecular weight excluding hydrogens is 531 g/mol. The van der Waals surface area contributed by atoms with Gasteiger partial charge in [0.15, 0.2) is 11.6 Å². The molecule has 11 heteroatoms. The number of carbonyl (C=O) groups is 1. The fraction of sp³-hybridized carbons (Fsp3) is 0.414. The molecule has 0 saturated carbocycles. The lowest BCUT2D eigenvalue weighted by atomic mass is 10.0. The topological polar surface area (TPSA) is 138 Å². The van der Waals surface area contributed by atoms with Gasteiger partial charge in [0, 0.05) is 50.1 Å². The molecular formula is C29H37FN6O3S. The quantitative estimate of drug-likeness (QED) is 0.131.